The van der Waals surface area contributed by atoms with Crippen LogP contribution in [0.15, 0.2) is 53.4 Å². The van der Waals surface area contributed by atoms with Gasteiger partial charge in [0.15, 0.2) is 0 Å². The third-order valence-corrected chi connectivity index (χ3v) is 5.09. The van der Waals surface area contributed by atoms with E-state index < -0.39 is 29.5 Å². The first-order valence-electron chi connectivity index (χ1n) is 8.05. The van der Waals surface area contributed by atoms with Crippen LogP contribution in [0.5, 0.6) is 0 Å². The molecule has 1 heterocycles. The van der Waals surface area contributed by atoms with Crippen molar-refractivity contribution >= 4 is 58.1 Å². The predicted octanol–water partition coefficient (Wildman–Crippen LogP) is 3.11. The van der Waals surface area contributed by atoms with Gasteiger partial charge in [0.25, 0.3) is 17.1 Å². The van der Waals surface area contributed by atoms with Gasteiger partial charge in [0.1, 0.15) is 6.54 Å². The van der Waals surface area contributed by atoms with Crippen molar-refractivity contribution in [1.29, 1.82) is 0 Å². The number of rotatable bonds is 5. The lowest BCUT2D eigenvalue weighted by Gasteiger charge is -2.13. The van der Waals surface area contributed by atoms with Gasteiger partial charge in [0.2, 0.25) is 5.91 Å². The summed E-state index contributed by atoms with van der Waals surface area (Å²) in [6, 6.07) is 13.1. The van der Waals surface area contributed by atoms with Gasteiger partial charge in [-0.1, -0.05) is 41.9 Å². The summed E-state index contributed by atoms with van der Waals surface area (Å²) in [6.45, 7) is -0.488. The molecule has 0 aliphatic carbocycles. The fraction of sp³-hybridized carbons (Fsp3) is 0.0526. The van der Waals surface area contributed by atoms with E-state index in [0.717, 1.165) is 16.7 Å². The zero-order valence-corrected chi connectivity index (χ0v) is 15.9. The van der Waals surface area contributed by atoms with Crippen molar-refractivity contribution < 1.29 is 19.2 Å². The summed E-state index contributed by atoms with van der Waals surface area (Å²) < 4.78 is 0. The molecule has 1 saturated heterocycles. The summed E-state index contributed by atoms with van der Waals surface area (Å²) in [5.41, 5.74) is 6.20. The van der Waals surface area contributed by atoms with E-state index in [9.17, 15) is 19.2 Å². The van der Waals surface area contributed by atoms with Gasteiger partial charge in [-0.05, 0) is 41.6 Å². The van der Waals surface area contributed by atoms with Crippen LogP contribution in [-0.2, 0) is 9.59 Å². The maximum Gasteiger partial charge on any atom is 0.294 e. The van der Waals surface area contributed by atoms with Crippen molar-refractivity contribution in [2.45, 2.75) is 0 Å². The van der Waals surface area contributed by atoms with E-state index in [-0.39, 0.29) is 16.2 Å². The lowest BCUT2D eigenvalue weighted by atomic mass is 10.1. The second-order valence-corrected chi connectivity index (χ2v) is 7.15. The number of nitrogens with zero attached hydrogens (tertiary/aromatic N) is 1. The number of carbonyl (C=O) groups is 4. The Morgan fingerprint density at radius 3 is 2.50 bits per heavy atom. The molecule has 0 saturated carbocycles. The van der Waals surface area contributed by atoms with Gasteiger partial charge in [-0.15, -0.1) is 0 Å². The third-order valence-electron chi connectivity index (χ3n) is 3.83. The quantitative estimate of drug-likeness (QED) is 0.729. The molecule has 1 fully saturated rings. The van der Waals surface area contributed by atoms with Crippen LogP contribution in [0.2, 0.25) is 5.02 Å². The molecule has 0 spiro atoms. The summed E-state index contributed by atoms with van der Waals surface area (Å²) in [5, 5.41) is 2.37. The van der Waals surface area contributed by atoms with E-state index in [1.54, 1.807) is 36.4 Å². The monoisotopic (exact) mass is 415 g/mol. The third kappa shape index (κ3) is 4.24. The molecule has 9 heteroatoms. The maximum absolute atomic E-state index is 12.5. The largest absolute Gasteiger partial charge is 0.366 e. The molecule has 0 radical (unpaired) electrons. The zero-order chi connectivity index (χ0) is 20.3. The van der Waals surface area contributed by atoms with Gasteiger partial charge in [-0.3, -0.25) is 24.1 Å². The van der Waals surface area contributed by atoms with Crippen LogP contribution >= 0.6 is 23.4 Å². The number of nitrogens with two attached hydrogens (primary N) is 1. The molecule has 1 aliphatic heterocycles. The fourth-order valence-electron chi connectivity index (χ4n) is 2.51. The van der Waals surface area contributed by atoms with Crippen LogP contribution in [0.25, 0.3) is 6.08 Å². The van der Waals surface area contributed by atoms with Gasteiger partial charge < -0.3 is 11.1 Å². The van der Waals surface area contributed by atoms with Gasteiger partial charge in [0, 0.05) is 5.02 Å². The molecule has 1 aliphatic rings. The number of benzene rings is 2. The van der Waals surface area contributed by atoms with E-state index in [1.165, 1.54) is 18.2 Å². The van der Waals surface area contributed by atoms with E-state index >= 15 is 0 Å². The molecule has 142 valence electrons. The number of nitrogens with one attached hydrogen (secondary N) is 1. The Kier molecular flexibility index (Phi) is 5.81. The van der Waals surface area contributed by atoms with E-state index in [2.05, 4.69) is 5.32 Å². The van der Waals surface area contributed by atoms with Crippen molar-refractivity contribution in [2.24, 2.45) is 5.73 Å². The van der Waals surface area contributed by atoms with Crippen molar-refractivity contribution in [3.8, 4) is 0 Å². The summed E-state index contributed by atoms with van der Waals surface area (Å²) in [6.07, 6.45) is 1.51. The summed E-state index contributed by atoms with van der Waals surface area (Å²) in [5.74, 6) is -1.92. The topological polar surface area (TPSA) is 110 Å². The summed E-state index contributed by atoms with van der Waals surface area (Å²) >= 11 is 6.80. The Morgan fingerprint density at radius 2 is 1.79 bits per heavy atom. The SMILES string of the molecule is NC(=O)c1ccccc1NC(=O)CN1C(=O)S/C(=C/c2ccccc2Cl)C1=O. The number of thioether (sulfide) groups is 1. The van der Waals surface area contributed by atoms with Gasteiger partial charge in [-0.2, -0.15) is 0 Å². The van der Waals surface area contributed by atoms with Crippen molar-refractivity contribution in [3.05, 3.63) is 69.6 Å². The van der Waals surface area contributed by atoms with Crippen LogP contribution < -0.4 is 11.1 Å². The molecule has 0 unspecified atom stereocenters. The highest BCUT2D eigenvalue weighted by Crippen LogP contribution is 2.33. The minimum absolute atomic E-state index is 0.128. The van der Waals surface area contributed by atoms with E-state index in [0.29, 0.717) is 10.6 Å². The first-order valence-corrected chi connectivity index (χ1v) is 9.25. The average molecular weight is 416 g/mol. The highest BCUT2D eigenvalue weighted by atomic mass is 35.5. The van der Waals surface area contributed by atoms with Crippen molar-refractivity contribution in [3.63, 3.8) is 0 Å². The highest BCUT2D eigenvalue weighted by molar-refractivity contribution is 8.18. The molecule has 2 aromatic rings. The second-order valence-electron chi connectivity index (χ2n) is 5.75. The Labute approximate surface area is 169 Å². The standard InChI is InChI=1S/C19H14ClN3O4S/c20-13-7-3-1-5-11(13)9-15-18(26)23(19(27)28-15)10-16(24)22-14-8-4-2-6-12(14)17(21)25/h1-9H,10H2,(H2,21,25)(H,22,24)/b15-9+. The summed E-state index contributed by atoms with van der Waals surface area (Å²) in [4.78, 5) is 49.4. The average Bonchev–Trinajstić information content (AvgIpc) is 2.91. The number of primary amides is 1. The number of imide groups is 1. The normalized spacial score (nSPS) is 15.2. The number of para-hydroxylation sites is 1. The van der Waals surface area contributed by atoms with Crippen LogP contribution in [0.3, 0.4) is 0 Å². The number of halogens is 1. The molecular weight excluding hydrogens is 402 g/mol. The predicted molar refractivity (Wildman–Crippen MR) is 108 cm³/mol. The van der Waals surface area contributed by atoms with Crippen LogP contribution in [0.4, 0.5) is 10.5 Å². The van der Waals surface area contributed by atoms with Crippen molar-refractivity contribution in [1.82, 2.24) is 4.90 Å². The molecule has 2 aromatic carbocycles. The van der Waals surface area contributed by atoms with Gasteiger partial charge in [0.05, 0.1) is 16.2 Å². The maximum atomic E-state index is 12.5. The molecule has 0 atom stereocenters. The lowest BCUT2D eigenvalue weighted by molar-refractivity contribution is -0.127. The van der Waals surface area contributed by atoms with Crippen LogP contribution in [0, 0.1) is 0 Å². The van der Waals surface area contributed by atoms with Crippen LogP contribution in [0.1, 0.15) is 15.9 Å². The first kappa shape index (κ1) is 19.7. The molecule has 7 nitrogen and oxygen atoms in total. The molecule has 0 bridgehead atoms. The minimum atomic E-state index is -0.704. The van der Waals surface area contributed by atoms with Gasteiger partial charge in [-0.25, -0.2) is 0 Å². The van der Waals surface area contributed by atoms with Crippen molar-refractivity contribution in [2.75, 3.05) is 11.9 Å². The number of hydrogen-bond acceptors (Lipinski definition) is 5. The van der Waals surface area contributed by atoms with Crippen LogP contribution in [-0.4, -0.2) is 34.4 Å². The smallest absolute Gasteiger partial charge is 0.294 e. The molecule has 28 heavy (non-hydrogen) atoms. The lowest BCUT2D eigenvalue weighted by Crippen LogP contribution is -2.36. The Hall–Kier alpha value is -3.10. The highest BCUT2D eigenvalue weighted by Gasteiger charge is 2.36. The Balaban J connectivity index is 1.74. The van der Waals surface area contributed by atoms with E-state index in [1.807, 2.05) is 0 Å². The number of amides is 4. The second kappa shape index (κ2) is 8.28. The molecule has 3 rings (SSSR count). The Bertz CT molecular complexity index is 1020. The first-order chi connectivity index (χ1) is 13.4. The fourth-order valence-corrected chi connectivity index (χ4v) is 3.53. The Morgan fingerprint density at radius 1 is 1.11 bits per heavy atom. The summed E-state index contributed by atoms with van der Waals surface area (Å²) in [7, 11) is 0. The van der Waals surface area contributed by atoms with E-state index in [4.69, 9.17) is 17.3 Å². The number of hydrogen-bond donors (Lipinski definition) is 2. The number of anilines is 1. The molecule has 0 aromatic heterocycles. The van der Waals surface area contributed by atoms with Gasteiger partial charge >= 0.3 is 0 Å². The molecule has 4 amide bonds. The number of carbonyl (C=O) groups excluding carboxylic acids is 4. The molecular formula is C19H14ClN3O4S. The zero-order valence-electron chi connectivity index (χ0n) is 14.3. The minimum Gasteiger partial charge on any atom is -0.366 e. The molecule has 3 N–H and O–H groups in total.